The summed E-state index contributed by atoms with van der Waals surface area (Å²) in [5, 5.41) is 9.43. The molecule has 1 aromatic rings. The van der Waals surface area contributed by atoms with Gasteiger partial charge in [-0.05, 0) is 37.8 Å². The van der Waals surface area contributed by atoms with Crippen molar-refractivity contribution in [2.75, 3.05) is 0 Å². The van der Waals surface area contributed by atoms with Crippen molar-refractivity contribution in [3.63, 3.8) is 0 Å². The van der Waals surface area contributed by atoms with Crippen LogP contribution in [-0.2, 0) is 10.5 Å². The molecular weight excluding hydrogens is 238 g/mol. The van der Waals surface area contributed by atoms with E-state index in [1.165, 1.54) is 0 Å². The lowest BCUT2D eigenvalue weighted by Crippen LogP contribution is -2.51. The Morgan fingerprint density at radius 2 is 2.53 bits per heavy atom. The van der Waals surface area contributed by atoms with Crippen LogP contribution in [0, 0.1) is 0 Å². The van der Waals surface area contributed by atoms with E-state index < -0.39 is 11.5 Å². The van der Waals surface area contributed by atoms with Crippen LogP contribution >= 0.6 is 11.8 Å². The highest BCUT2D eigenvalue weighted by Crippen LogP contribution is 2.35. The van der Waals surface area contributed by atoms with Gasteiger partial charge in [0.25, 0.3) is 0 Å². The average molecular weight is 255 g/mol. The maximum atomic E-state index is 11.1. The molecule has 0 saturated heterocycles. The number of furan rings is 1. The Balaban J connectivity index is 1.87. The van der Waals surface area contributed by atoms with Crippen molar-refractivity contribution in [3.05, 3.63) is 24.2 Å². The fraction of sp³-hybridized carbons (Fsp3) is 0.583. The first-order chi connectivity index (χ1) is 8.10. The van der Waals surface area contributed by atoms with Gasteiger partial charge in [-0.2, -0.15) is 11.8 Å². The summed E-state index contributed by atoms with van der Waals surface area (Å²) in [5.74, 6) is 0.840. The standard InChI is InChI=1S/C12H17NO3S/c13-12(11(14)15)5-1-4-10(7-12)17-8-9-3-2-6-16-9/h2-3,6,10H,1,4-5,7-8,13H2,(H,14,15). The van der Waals surface area contributed by atoms with E-state index in [0.717, 1.165) is 24.4 Å². The third-order valence-electron chi connectivity index (χ3n) is 3.21. The molecule has 5 heteroatoms. The fourth-order valence-corrected chi connectivity index (χ4v) is 3.50. The zero-order valence-corrected chi connectivity index (χ0v) is 10.4. The molecule has 0 aromatic carbocycles. The molecule has 1 aromatic heterocycles. The molecule has 0 spiro atoms. The molecule has 3 N–H and O–H groups in total. The van der Waals surface area contributed by atoms with E-state index in [4.69, 9.17) is 15.3 Å². The number of carbonyl (C=O) groups is 1. The minimum absolute atomic E-state index is 0.315. The second-order valence-electron chi connectivity index (χ2n) is 4.57. The van der Waals surface area contributed by atoms with Gasteiger partial charge >= 0.3 is 5.97 Å². The lowest BCUT2D eigenvalue weighted by Gasteiger charge is -2.34. The first-order valence-corrected chi connectivity index (χ1v) is 6.81. The van der Waals surface area contributed by atoms with Gasteiger partial charge in [-0.25, -0.2) is 0 Å². The Bertz CT molecular complexity index is 379. The van der Waals surface area contributed by atoms with Crippen molar-refractivity contribution in [2.45, 2.75) is 42.2 Å². The Kier molecular flexibility index (Phi) is 3.79. The van der Waals surface area contributed by atoms with Crippen LogP contribution in [0.1, 0.15) is 31.4 Å². The zero-order chi connectivity index (χ0) is 12.3. The molecule has 1 saturated carbocycles. The number of hydrogen-bond acceptors (Lipinski definition) is 4. The average Bonchev–Trinajstić information content (AvgIpc) is 2.79. The quantitative estimate of drug-likeness (QED) is 0.862. The van der Waals surface area contributed by atoms with Crippen LogP contribution in [0.3, 0.4) is 0 Å². The summed E-state index contributed by atoms with van der Waals surface area (Å²) < 4.78 is 5.26. The lowest BCUT2D eigenvalue weighted by molar-refractivity contribution is -0.144. The molecule has 2 atom stereocenters. The number of thioether (sulfide) groups is 1. The molecule has 0 aliphatic heterocycles. The summed E-state index contributed by atoms with van der Waals surface area (Å²) in [7, 11) is 0. The maximum Gasteiger partial charge on any atom is 0.323 e. The van der Waals surface area contributed by atoms with E-state index in [9.17, 15) is 4.79 Å². The van der Waals surface area contributed by atoms with Crippen LogP contribution in [0.25, 0.3) is 0 Å². The van der Waals surface area contributed by atoms with Crippen molar-refractivity contribution in [3.8, 4) is 0 Å². The van der Waals surface area contributed by atoms with E-state index in [2.05, 4.69) is 0 Å². The number of carboxylic acid groups (broad SMARTS) is 1. The topological polar surface area (TPSA) is 76.5 Å². The Hall–Kier alpha value is -0.940. The number of carboxylic acids is 1. The largest absolute Gasteiger partial charge is 0.480 e. The third kappa shape index (κ3) is 3.04. The first-order valence-electron chi connectivity index (χ1n) is 5.76. The summed E-state index contributed by atoms with van der Waals surface area (Å²) in [4.78, 5) is 11.1. The third-order valence-corrected chi connectivity index (χ3v) is 4.53. The van der Waals surface area contributed by atoms with Crippen LogP contribution in [-0.4, -0.2) is 21.9 Å². The van der Waals surface area contributed by atoms with E-state index in [1.807, 2.05) is 12.1 Å². The molecule has 1 aliphatic rings. The summed E-state index contributed by atoms with van der Waals surface area (Å²) in [5.41, 5.74) is 4.88. The Morgan fingerprint density at radius 1 is 1.71 bits per heavy atom. The second-order valence-corrected chi connectivity index (χ2v) is 5.86. The van der Waals surface area contributed by atoms with Gasteiger partial charge in [-0.1, -0.05) is 0 Å². The summed E-state index contributed by atoms with van der Waals surface area (Å²) >= 11 is 1.74. The highest BCUT2D eigenvalue weighted by atomic mass is 32.2. The number of nitrogens with two attached hydrogens (primary N) is 1. The predicted octanol–water partition coefficient (Wildman–Crippen LogP) is 2.24. The normalized spacial score (nSPS) is 29.1. The molecule has 2 rings (SSSR count). The highest BCUT2D eigenvalue weighted by molar-refractivity contribution is 7.99. The van der Waals surface area contributed by atoms with Gasteiger partial charge in [-0.3, -0.25) is 4.79 Å². The monoisotopic (exact) mass is 255 g/mol. The molecule has 1 fully saturated rings. The number of hydrogen-bond donors (Lipinski definition) is 2. The summed E-state index contributed by atoms with van der Waals surface area (Å²) in [6, 6.07) is 3.80. The molecule has 1 aliphatic carbocycles. The SMILES string of the molecule is NC1(C(=O)O)CCCC(SCc2ccco2)C1. The van der Waals surface area contributed by atoms with Crippen LogP contribution in [0.5, 0.6) is 0 Å². The smallest absolute Gasteiger partial charge is 0.323 e. The van der Waals surface area contributed by atoms with Crippen molar-refractivity contribution in [1.29, 1.82) is 0 Å². The molecule has 0 amide bonds. The molecule has 94 valence electrons. The van der Waals surface area contributed by atoms with Gasteiger partial charge in [0.15, 0.2) is 0 Å². The van der Waals surface area contributed by atoms with Crippen LogP contribution in [0.15, 0.2) is 22.8 Å². The van der Waals surface area contributed by atoms with E-state index in [0.29, 0.717) is 18.1 Å². The summed E-state index contributed by atoms with van der Waals surface area (Å²) in [6.07, 6.45) is 4.71. The molecule has 4 nitrogen and oxygen atoms in total. The van der Waals surface area contributed by atoms with Crippen molar-refractivity contribution < 1.29 is 14.3 Å². The van der Waals surface area contributed by atoms with Gasteiger partial charge in [0.2, 0.25) is 0 Å². The van der Waals surface area contributed by atoms with Crippen molar-refractivity contribution in [1.82, 2.24) is 0 Å². The molecule has 0 bridgehead atoms. The minimum Gasteiger partial charge on any atom is -0.480 e. The van der Waals surface area contributed by atoms with Gasteiger partial charge < -0.3 is 15.3 Å². The second kappa shape index (κ2) is 5.14. The first kappa shape index (κ1) is 12.5. The predicted molar refractivity (Wildman–Crippen MR) is 66.8 cm³/mol. The number of rotatable bonds is 4. The van der Waals surface area contributed by atoms with Crippen molar-refractivity contribution in [2.24, 2.45) is 5.73 Å². The van der Waals surface area contributed by atoms with Gasteiger partial charge in [0.05, 0.1) is 12.0 Å². The van der Waals surface area contributed by atoms with Gasteiger partial charge in [-0.15, -0.1) is 0 Å². The Labute approximate surface area is 105 Å². The molecule has 2 unspecified atom stereocenters. The van der Waals surface area contributed by atoms with E-state index in [-0.39, 0.29) is 0 Å². The highest BCUT2D eigenvalue weighted by Gasteiger charge is 2.39. The van der Waals surface area contributed by atoms with Crippen molar-refractivity contribution >= 4 is 17.7 Å². The van der Waals surface area contributed by atoms with Crippen LogP contribution < -0.4 is 5.73 Å². The molecule has 1 heterocycles. The summed E-state index contributed by atoms with van der Waals surface area (Å²) in [6.45, 7) is 0. The van der Waals surface area contributed by atoms with Gasteiger partial charge in [0, 0.05) is 5.25 Å². The van der Waals surface area contributed by atoms with Crippen LogP contribution in [0.2, 0.25) is 0 Å². The Morgan fingerprint density at radius 3 is 3.18 bits per heavy atom. The van der Waals surface area contributed by atoms with E-state index >= 15 is 0 Å². The fourth-order valence-electron chi connectivity index (χ4n) is 2.19. The molecular formula is C12H17NO3S. The minimum atomic E-state index is -1.03. The zero-order valence-electron chi connectivity index (χ0n) is 9.59. The molecule has 0 radical (unpaired) electrons. The van der Waals surface area contributed by atoms with Crippen LogP contribution in [0.4, 0.5) is 0 Å². The van der Waals surface area contributed by atoms with E-state index in [1.54, 1.807) is 18.0 Å². The maximum absolute atomic E-state index is 11.1. The number of aliphatic carboxylic acids is 1. The molecule has 17 heavy (non-hydrogen) atoms. The van der Waals surface area contributed by atoms with Gasteiger partial charge in [0.1, 0.15) is 11.3 Å². The lowest BCUT2D eigenvalue weighted by atomic mass is 9.82.